The molecular weight excluding hydrogens is 238 g/mol. The number of nitrogens with one attached hydrogen (secondary N) is 2. The summed E-state index contributed by atoms with van der Waals surface area (Å²) >= 11 is 0. The summed E-state index contributed by atoms with van der Waals surface area (Å²) in [7, 11) is 2.17. The molecule has 1 saturated carbocycles. The van der Waals surface area contributed by atoms with E-state index in [4.69, 9.17) is 0 Å². The third kappa shape index (κ3) is 1.72. The molecule has 0 amide bonds. The standard InChI is InChI=1S/C14H19N5/c1-19(11-4-9-6-15-7-10(9)5-11)14-12-2-3-16-13(12)17-8-18-14/h2-3,8-11,15H,4-7H2,1H3,(H,16,17,18). The largest absolute Gasteiger partial charge is 0.356 e. The Balaban J connectivity index is 1.63. The SMILES string of the molecule is CN(c1ncnc2[nH]ccc12)C1CC2CNCC2C1. The first-order chi connectivity index (χ1) is 9.33. The van der Waals surface area contributed by atoms with Crippen LogP contribution in [0, 0.1) is 11.8 Å². The molecule has 2 aliphatic rings. The molecule has 0 radical (unpaired) electrons. The van der Waals surface area contributed by atoms with Gasteiger partial charge in [0.15, 0.2) is 0 Å². The number of hydrogen-bond donors (Lipinski definition) is 2. The highest BCUT2D eigenvalue weighted by Gasteiger charge is 2.39. The van der Waals surface area contributed by atoms with Crippen molar-refractivity contribution in [3.63, 3.8) is 0 Å². The monoisotopic (exact) mass is 257 g/mol. The molecule has 5 heteroatoms. The van der Waals surface area contributed by atoms with Crippen LogP contribution in [0.25, 0.3) is 11.0 Å². The van der Waals surface area contributed by atoms with Crippen molar-refractivity contribution < 1.29 is 0 Å². The minimum atomic E-state index is 0.616. The summed E-state index contributed by atoms with van der Waals surface area (Å²) < 4.78 is 0. The number of rotatable bonds is 2. The maximum atomic E-state index is 4.50. The molecule has 2 N–H and O–H groups in total. The molecule has 2 atom stereocenters. The van der Waals surface area contributed by atoms with Gasteiger partial charge in [-0.1, -0.05) is 0 Å². The Morgan fingerprint density at radius 2 is 2.00 bits per heavy atom. The van der Waals surface area contributed by atoms with E-state index in [1.54, 1.807) is 6.33 Å². The highest BCUT2D eigenvalue weighted by molar-refractivity contribution is 5.87. The predicted molar refractivity (Wildman–Crippen MR) is 75.2 cm³/mol. The Morgan fingerprint density at radius 1 is 1.21 bits per heavy atom. The van der Waals surface area contributed by atoms with E-state index in [0.717, 1.165) is 28.7 Å². The van der Waals surface area contributed by atoms with Crippen LogP contribution in [0.2, 0.25) is 0 Å². The number of fused-ring (bicyclic) bond motifs is 2. The zero-order chi connectivity index (χ0) is 12.8. The van der Waals surface area contributed by atoms with Crippen LogP contribution in [0.15, 0.2) is 18.6 Å². The topological polar surface area (TPSA) is 56.8 Å². The molecule has 0 spiro atoms. The quantitative estimate of drug-likeness (QED) is 0.853. The van der Waals surface area contributed by atoms with Crippen LogP contribution in [0.3, 0.4) is 0 Å². The van der Waals surface area contributed by atoms with Gasteiger partial charge in [0.05, 0.1) is 5.39 Å². The van der Waals surface area contributed by atoms with E-state index in [-0.39, 0.29) is 0 Å². The van der Waals surface area contributed by atoms with Gasteiger partial charge in [0.2, 0.25) is 0 Å². The highest BCUT2D eigenvalue weighted by atomic mass is 15.2. The molecular formula is C14H19N5. The molecule has 2 unspecified atom stereocenters. The molecule has 1 aliphatic carbocycles. The zero-order valence-corrected chi connectivity index (χ0v) is 11.1. The van der Waals surface area contributed by atoms with Crippen molar-refractivity contribution in [2.45, 2.75) is 18.9 Å². The summed E-state index contributed by atoms with van der Waals surface area (Å²) in [5.74, 6) is 2.77. The van der Waals surface area contributed by atoms with Gasteiger partial charge in [-0.2, -0.15) is 0 Å². The van der Waals surface area contributed by atoms with Crippen molar-refractivity contribution in [3.05, 3.63) is 18.6 Å². The van der Waals surface area contributed by atoms with E-state index in [0.29, 0.717) is 6.04 Å². The number of H-pyrrole nitrogens is 1. The molecule has 2 aromatic rings. The fraction of sp³-hybridized carbons (Fsp3) is 0.571. The van der Waals surface area contributed by atoms with Crippen LogP contribution in [-0.4, -0.2) is 41.1 Å². The number of anilines is 1. The average Bonchev–Trinajstić information content (AvgIpc) is 3.11. The molecule has 100 valence electrons. The van der Waals surface area contributed by atoms with Crippen LogP contribution < -0.4 is 10.2 Å². The normalized spacial score (nSPS) is 29.8. The van der Waals surface area contributed by atoms with E-state index < -0.39 is 0 Å². The van der Waals surface area contributed by atoms with Gasteiger partial charge < -0.3 is 15.2 Å². The minimum absolute atomic E-state index is 0.616. The number of aromatic nitrogens is 3. The lowest BCUT2D eigenvalue weighted by molar-refractivity contribution is 0.494. The van der Waals surface area contributed by atoms with Crippen molar-refractivity contribution in [2.24, 2.45) is 11.8 Å². The van der Waals surface area contributed by atoms with Crippen molar-refractivity contribution in [2.75, 3.05) is 25.0 Å². The Hall–Kier alpha value is -1.62. The van der Waals surface area contributed by atoms with Gasteiger partial charge in [0, 0.05) is 19.3 Å². The molecule has 2 fully saturated rings. The third-order valence-corrected chi connectivity index (χ3v) is 4.84. The van der Waals surface area contributed by atoms with Crippen molar-refractivity contribution in [1.29, 1.82) is 0 Å². The summed E-state index contributed by atoms with van der Waals surface area (Å²) in [5.41, 5.74) is 0.928. The van der Waals surface area contributed by atoms with Crippen LogP contribution in [0.5, 0.6) is 0 Å². The molecule has 0 bridgehead atoms. The second-order valence-electron chi connectivity index (χ2n) is 5.85. The molecule has 1 saturated heterocycles. The molecule has 1 aliphatic heterocycles. The van der Waals surface area contributed by atoms with Gasteiger partial charge in [-0.25, -0.2) is 9.97 Å². The van der Waals surface area contributed by atoms with Crippen molar-refractivity contribution >= 4 is 16.9 Å². The number of nitrogens with zero attached hydrogens (tertiary/aromatic N) is 3. The van der Waals surface area contributed by atoms with E-state index >= 15 is 0 Å². The predicted octanol–water partition coefficient (Wildman–Crippen LogP) is 1.39. The first-order valence-electron chi connectivity index (χ1n) is 7.04. The Labute approximate surface area is 112 Å². The van der Waals surface area contributed by atoms with Crippen LogP contribution in [-0.2, 0) is 0 Å². The highest BCUT2D eigenvalue weighted by Crippen LogP contribution is 2.38. The lowest BCUT2D eigenvalue weighted by Crippen LogP contribution is -2.31. The maximum absolute atomic E-state index is 4.50. The van der Waals surface area contributed by atoms with Gasteiger partial charge in [0.1, 0.15) is 17.8 Å². The summed E-state index contributed by atoms with van der Waals surface area (Å²) in [6, 6.07) is 2.68. The Kier molecular flexibility index (Phi) is 2.48. The Morgan fingerprint density at radius 3 is 2.79 bits per heavy atom. The molecule has 3 heterocycles. The van der Waals surface area contributed by atoms with Gasteiger partial charge >= 0.3 is 0 Å². The van der Waals surface area contributed by atoms with Gasteiger partial charge in [-0.15, -0.1) is 0 Å². The zero-order valence-electron chi connectivity index (χ0n) is 11.1. The van der Waals surface area contributed by atoms with Gasteiger partial charge in [-0.05, 0) is 43.8 Å². The van der Waals surface area contributed by atoms with E-state index in [1.165, 1.54) is 25.9 Å². The molecule has 2 aromatic heterocycles. The first kappa shape index (κ1) is 11.2. The molecule has 0 aromatic carbocycles. The fourth-order valence-electron chi connectivity index (χ4n) is 3.76. The van der Waals surface area contributed by atoms with Crippen molar-refractivity contribution in [1.82, 2.24) is 20.3 Å². The summed E-state index contributed by atoms with van der Waals surface area (Å²) in [6.07, 6.45) is 6.15. The lowest BCUT2D eigenvalue weighted by atomic mass is 10.0. The van der Waals surface area contributed by atoms with Crippen LogP contribution >= 0.6 is 0 Å². The summed E-state index contributed by atoms with van der Waals surface area (Å²) in [4.78, 5) is 14.3. The van der Waals surface area contributed by atoms with Gasteiger partial charge in [0.25, 0.3) is 0 Å². The number of aromatic amines is 1. The van der Waals surface area contributed by atoms with E-state index in [1.807, 2.05) is 6.20 Å². The third-order valence-electron chi connectivity index (χ3n) is 4.84. The fourth-order valence-corrected chi connectivity index (χ4v) is 3.76. The summed E-state index contributed by atoms with van der Waals surface area (Å²) in [6.45, 7) is 2.39. The van der Waals surface area contributed by atoms with Crippen LogP contribution in [0.4, 0.5) is 5.82 Å². The second kappa shape index (κ2) is 4.20. The maximum Gasteiger partial charge on any atom is 0.142 e. The van der Waals surface area contributed by atoms with E-state index in [9.17, 15) is 0 Å². The average molecular weight is 257 g/mol. The first-order valence-corrected chi connectivity index (χ1v) is 7.04. The van der Waals surface area contributed by atoms with E-state index in [2.05, 4.69) is 38.3 Å². The summed E-state index contributed by atoms with van der Waals surface area (Å²) in [5, 5.41) is 4.63. The smallest absolute Gasteiger partial charge is 0.142 e. The molecule has 19 heavy (non-hydrogen) atoms. The number of hydrogen-bond acceptors (Lipinski definition) is 4. The van der Waals surface area contributed by atoms with Gasteiger partial charge in [-0.3, -0.25) is 0 Å². The molecule has 4 rings (SSSR count). The lowest BCUT2D eigenvalue weighted by Gasteiger charge is -2.26. The van der Waals surface area contributed by atoms with Crippen molar-refractivity contribution in [3.8, 4) is 0 Å². The second-order valence-corrected chi connectivity index (χ2v) is 5.85. The minimum Gasteiger partial charge on any atom is -0.356 e. The Bertz CT molecular complexity index is 580. The van der Waals surface area contributed by atoms with Crippen LogP contribution in [0.1, 0.15) is 12.8 Å². The molecule has 5 nitrogen and oxygen atoms in total.